The summed E-state index contributed by atoms with van der Waals surface area (Å²) >= 11 is 5.23. The fourth-order valence-electron chi connectivity index (χ4n) is 2.99. The van der Waals surface area contributed by atoms with Gasteiger partial charge in [-0.2, -0.15) is 0 Å². The van der Waals surface area contributed by atoms with Crippen molar-refractivity contribution in [3.05, 3.63) is 78.4 Å². The number of methoxy groups -OCH3 is 1. The van der Waals surface area contributed by atoms with Crippen LogP contribution in [0.25, 0.3) is 0 Å². The number of benzene rings is 3. The van der Waals surface area contributed by atoms with Gasteiger partial charge in [-0.1, -0.05) is 19.4 Å². The van der Waals surface area contributed by atoms with Gasteiger partial charge in [-0.3, -0.25) is 14.8 Å². The molecule has 1 amide bonds. The van der Waals surface area contributed by atoms with Crippen LogP contribution in [0.5, 0.6) is 11.5 Å². The molecule has 0 saturated carbocycles. The lowest BCUT2D eigenvalue weighted by molar-refractivity contribution is 0.0977. The largest absolute Gasteiger partial charge is 0.497 e. The van der Waals surface area contributed by atoms with Crippen molar-refractivity contribution in [2.45, 2.75) is 24.7 Å². The molecule has 0 radical (unpaired) electrons. The fraction of sp³-hybridized carbons (Fsp3) is 0.200. The molecule has 0 fully saturated rings. The summed E-state index contributed by atoms with van der Waals surface area (Å²) in [6.45, 7) is 2.66. The molecule has 8 nitrogen and oxygen atoms in total. The number of thiocarbonyl (C=S) groups is 1. The number of hydrogen-bond donors (Lipinski definition) is 3. The van der Waals surface area contributed by atoms with Gasteiger partial charge >= 0.3 is 0 Å². The quantitative estimate of drug-likeness (QED) is 0.264. The highest BCUT2D eigenvalue weighted by Gasteiger charge is 2.15. The van der Waals surface area contributed by atoms with Gasteiger partial charge < -0.3 is 14.8 Å². The Balaban J connectivity index is 1.57. The number of nitrogens with one attached hydrogen (secondary N) is 3. The summed E-state index contributed by atoms with van der Waals surface area (Å²) in [4.78, 5) is 12.6. The van der Waals surface area contributed by atoms with Crippen LogP contribution in [0.2, 0.25) is 0 Å². The highest BCUT2D eigenvalue weighted by molar-refractivity contribution is 7.92. The molecular formula is C25H27N3O5S2. The molecule has 0 spiro atoms. The average Bonchev–Trinajstić information content (AvgIpc) is 2.85. The van der Waals surface area contributed by atoms with Crippen LogP contribution in [-0.2, 0) is 10.0 Å². The van der Waals surface area contributed by atoms with Gasteiger partial charge in [0.15, 0.2) is 5.11 Å². The van der Waals surface area contributed by atoms with Crippen LogP contribution in [0.15, 0.2) is 77.7 Å². The summed E-state index contributed by atoms with van der Waals surface area (Å²) in [5.74, 6) is 0.857. The molecule has 3 rings (SSSR count). The summed E-state index contributed by atoms with van der Waals surface area (Å²) < 4.78 is 38.5. The molecule has 35 heavy (non-hydrogen) atoms. The van der Waals surface area contributed by atoms with Crippen molar-refractivity contribution >= 4 is 44.6 Å². The van der Waals surface area contributed by atoms with Crippen molar-refractivity contribution in [3.63, 3.8) is 0 Å². The Kier molecular flexibility index (Phi) is 9.04. The van der Waals surface area contributed by atoms with Crippen molar-refractivity contribution < 1.29 is 22.7 Å². The molecule has 10 heteroatoms. The number of sulfonamides is 1. The van der Waals surface area contributed by atoms with Gasteiger partial charge in [0.05, 0.1) is 18.6 Å². The molecule has 0 aliphatic heterocycles. The van der Waals surface area contributed by atoms with E-state index in [2.05, 4.69) is 22.3 Å². The highest BCUT2D eigenvalue weighted by Crippen LogP contribution is 2.21. The second kappa shape index (κ2) is 12.2. The van der Waals surface area contributed by atoms with E-state index in [0.717, 1.165) is 12.8 Å². The molecule has 0 aliphatic rings. The first-order valence-electron chi connectivity index (χ1n) is 10.9. The van der Waals surface area contributed by atoms with Crippen LogP contribution in [0.4, 0.5) is 11.4 Å². The maximum absolute atomic E-state index is 12.6. The zero-order chi connectivity index (χ0) is 25.3. The summed E-state index contributed by atoms with van der Waals surface area (Å²) in [7, 11) is -2.24. The zero-order valence-corrected chi connectivity index (χ0v) is 21.0. The van der Waals surface area contributed by atoms with Crippen molar-refractivity contribution in [1.29, 1.82) is 0 Å². The first-order chi connectivity index (χ1) is 16.8. The lowest BCUT2D eigenvalue weighted by Gasteiger charge is -2.12. The van der Waals surface area contributed by atoms with E-state index in [9.17, 15) is 13.2 Å². The molecule has 0 unspecified atom stereocenters. The van der Waals surface area contributed by atoms with E-state index in [1.165, 1.54) is 19.2 Å². The number of hydrogen-bond acceptors (Lipinski definition) is 6. The van der Waals surface area contributed by atoms with Crippen molar-refractivity contribution in [2.75, 3.05) is 23.8 Å². The Bertz CT molecular complexity index is 1260. The van der Waals surface area contributed by atoms with Gasteiger partial charge in [-0.25, -0.2) is 8.42 Å². The second-order valence-corrected chi connectivity index (χ2v) is 9.59. The van der Waals surface area contributed by atoms with Crippen molar-refractivity contribution in [2.24, 2.45) is 0 Å². The molecule has 3 N–H and O–H groups in total. The number of amides is 1. The first-order valence-corrected chi connectivity index (χ1v) is 12.8. The molecule has 0 atom stereocenters. The maximum atomic E-state index is 12.6. The lowest BCUT2D eigenvalue weighted by atomic mass is 10.2. The summed E-state index contributed by atoms with van der Waals surface area (Å²) in [6.07, 6.45) is 1.95. The maximum Gasteiger partial charge on any atom is 0.261 e. The predicted molar refractivity (Wildman–Crippen MR) is 141 cm³/mol. The van der Waals surface area contributed by atoms with Gasteiger partial charge in [-0.15, -0.1) is 0 Å². The van der Waals surface area contributed by atoms with Crippen LogP contribution in [-0.4, -0.2) is 33.2 Å². The van der Waals surface area contributed by atoms with Crippen LogP contribution in [0, 0.1) is 0 Å². The van der Waals surface area contributed by atoms with Gasteiger partial charge in [0.1, 0.15) is 11.5 Å². The minimum absolute atomic E-state index is 0.0775. The fourth-order valence-corrected chi connectivity index (χ4v) is 4.26. The number of carbonyl (C=O) groups excluding carboxylic acids is 1. The lowest BCUT2D eigenvalue weighted by Crippen LogP contribution is -2.34. The van der Waals surface area contributed by atoms with E-state index in [1.807, 2.05) is 0 Å². The molecule has 3 aromatic rings. The Morgan fingerprint density at radius 3 is 2.29 bits per heavy atom. The number of carbonyl (C=O) groups is 1. The minimum Gasteiger partial charge on any atom is -0.497 e. The number of unbranched alkanes of at least 4 members (excludes halogenated alkanes) is 1. The molecule has 3 aromatic carbocycles. The SMILES string of the molecule is CCCCOc1cccc(C(=O)NC(=S)Nc2ccc(S(=O)(=O)Nc3ccc(OC)cc3)cc2)c1. The van der Waals surface area contributed by atoms with Crippen LogP contribution in [0.3, 0.4) is 0 Å². The minimum atomic E-state index is -3.78. The van der Waals surface area contributed by atoms with E-state index in [1.54, 1.807) is 60.7 Å². The second-order valence-electron chi connectivity index (χ2n) is 7.50. The van der Waals surface area contributed by atoms with Crippen LogP contribution < -0.4 is 24.8 Å². The van der Waals surface area contributed by atoms with E-state index in [4.69, 9.17) is 21.7 Å². The average molecular weight is 514 g/mol. The van der Waals surface area contributed by atoms with Crippen LogP contribution in [0.1, 0.15) is 30.1 Å². The normalized spacial score (nSPS) is 10.8. The molecule has 184 valence electrons. The molecule has 0 saturated heterocycles. The van der Waals surface area contributed by atoms with Crippen LogP contribution >= 0.6 is 12.2 Å². The van der Waals surface area contributed by atoms with Gasteiger partial charge in [0, 0.05) is 16.9 Å². The van der Waals surface area contributed by atoms with Gasteiger partial charge in [0.25, 0.3) is 15.9 Å². The molecule has 0 bridgehead atoms. The third kappa shape index (κ3) is 7.69. The van der Waals surface area contributed by atoms with Crippen molar-refractivity contribution in [1.82, 2.24) is 5.32 Å². The topological polar surface area (TPSA) is 106 Å². The number of anilines is 2. The Morgan fingerprint density at radius 2 is 1.63 bits per heavy atom. The predicted octanol–water partition coefficient (Wildman–Crippen LogP) is 4.80. The van der Waals surface area contributed by atoms with Crippen molar-refractivity contribution in [3.8, 4) is 11.5 Å². The Hall–Kier alpha value is -3.63. The van der Waals surface area contributed by atoms with E-state index in [-0.39, 0.29) is 15.9 Å². The number of ether oxygens (including phenoxy) is 2. The highest BCUT2D eigenvalue weighted by atomic mass is 32.2. The van der Waals surface area contributed by atoms with Gasteiger partial charge in [0.2, 0.25) is 0 Å². The Labute approximate surface area is 210 Å². The molecular weight excluding hydrogens is 486 g/mol. The third-order valence-corrected chi connectivity index (χ3v) is 6.46. The molecule has 0 aliphatic carbocycles. The van der Waals surface area contributed by atoms with E-state index in [0.29, 0.717) is 35.0 Å². The Morgan fingerprint density at radius 1 is 0.943 bits per heavy atom. The standard InChI is InChI=1S/C25H27N3O5S2/c1-3-4-16-33-22-7-5-6-18(17-22)24(29)27-25(34)26-19-10-14-23(15-11-19)35(30,31)28-20-8-12-21(32-2)13-9-20/h5-15,17,28H,3-4,16H2,1-2H3,(H2,26,27,29,34). The summed E-state index contributed by atoms with van der Waals surface area (Å²) in [5.41, 5.74) is 1.35. The first kappa shape index (κ1) is 26.0. The number of rotatable bonds is 10. The third-order valence-electron chi connectivity index (χ3n) is 4.85. The van der Waals surface area contributed by atoms with Gasteiger partial charge in [-0.05, 0) is 85.4 Å². The molecule has 0 heterocycles. The van der Waals surface area contributed by atoms with E-state index >= 15 is 0 Å². The monoisotopic (exact) mass is 513 g/mol. The summed E-state index contributed by atoms with van der Waals surface area (Å²) in [5, 5.41) is 5.57. The van der Waals surface area contributed by atoms with E-state index < -0.39 is 10.0 Å². The molecule has 0 aromatic heterocycles. The smallest absolute Gasteiger partial charge is 0.261 e. The summed E-state index contributed by atoms with van der Waals surface area (Å²) in [6, 6.07) is 19.4. The zero-order valence-electron chi connectivity index (χ0n) is 19.4.